The molecule has 0 atom stereocenters. The Bertz CT molecular complexity index is 1410. The average molecular weight is 423 g/mol. The summed E-state index contributed by atoms with van der Waals surface area (Å²) in [6, 6.07) is 20.1. The van der Waals surface area contributed by atoms with Gasteiger partial charge in [-0.25, -0.2) is 14.4 Å². The molecule has 156 valence electrons. The van der Waals surface area contributed by atoms with Gasteiger partial charge < -0.3 is 4.42 Å². The lowest BCUT2D eigenvalue weighted by molar-refractivity contribution is 0.587. The van der Waals surface area contributed by atoms with E-state index in [1.54, 1.807) is 16.8 Å². The van der Waals surface area contributed by atoms with Crippen LogP contribution in [0.3, 0.4) is 0 Å². The number of aryl methyl sites for hydroxylation is 1. The second-order valence-electron chi connectivity index (χ2n) is 7.34. The Labute approximate surface area is 183 Å². The summed E-state index contributed by atoms with van der Waals surface area (Å²) in [5.41, 5.74) is 4.37. The predicted octanol–water partition coefficient (Wildman–Crippen LogP) is 5.86. The molecule has 0 aliphatic rings. The number of unbranched alkanes of at least 4 members (excludes halogenated alkanes) is 1. The summed E-state index contributed by atoms with van der Waals surface area (Å²) in [4.78, 5) is 8.85. The number of fused-ring (bicyclic) bond motifs is 1. The van der Waals surface area contributed by atoms with Crippen LogP contribution in [0.2, 0.25) is 0 Å². The monoisotopic (exact) mass is 423 g/mol. The molecule has 5 rings (SSSR count). The van der Waals surface area contributed by atoms with Crippen LogP contribution >= 0.6 is 0 Å². The fourth-order valence-corrected chi connectivity index (χ4v) is 3.67. The number of hydrogen-bond donors (Lipinski definition) is 0. The van der Waals surface area contributed by atoms with Gasteiger partial charge in [0.25, 0.3) is 0 Å². The van der Waals surface area contributed by atoms with E-state index in [-0.39, 0.29) is 5.82 Å². The number of hydrogen-bond acceptors (Lipinski definition) is 5. The summed E-state index contributed by atoms with van der Waals surface area (Å²) in [6.07, 6.45) is 4.51. The Morgan fingerprint density at radius 3 is 2.56 bits per heavy atom. The lowest BCUT2D eigenvalue weighted by Crippen LogP contribution is -1.98. The summed E-state index contributed by atoms with van der Waals surface area (Å²) in [6.45, 7) is 0.594. The maximum atomic E-state index is 13.5. The van der Waals surface area contributed by atoms with Crippen molar-refractivity contribution in [1.29, 1.82) is 5.26 Å². The topological polar surface area (TPSA) is 80.5 Å². The highest BCUT2D eigenvalue weighted by molar-refractivity contribution is 5.95. The molecule has 3 heterocycles. The van der Waals surface area contributed by atoms with E-state index < -0.39 is 0 Å². The van der Waals surface area contributed by atoms with Crippen molar-refractivity contribution in [2.24, 2.45) is 0 Å². The number of benzene rings is 2. The maximum Gasteiger partial charge on any atom is 0.230 e. The van der Waals surface area contributed by atoms with Gasteiger partial charge in [0, 0.05) is 35.9 Å². The molecule has 0 saturated carbocycles. The quantitative estimate of drug-likeness (QED) is 0.319. The second kappa shape index (κ2) is 8.44. The largest absolute Gasteiger partial charge is 0.438 e. The summed E-state index contributed by atoms with van der Waals surface area (Å²) in [5, 5.41) is 14.4. The van der Waals surface area contributed by atoms with Gasteiger partial charge in [-0.3, -0.25) is 4.68 Å². The van der Waals surface area contributed by atoms with Crippen molar-refractivity contribution in [2.75, 3.05) is 0 Å². The normalized spacial score (nSPS) is 11.0. The van der Waals surface area contributed by atoms with E-state index in [1.807, 2.05) is 42.6 Å². The number of furan rings is 1. The van der Waals surface area contributed by atoms with E-state index in [0.29, 0.717) is 42.2 Å². The Morgan fingerprint density at radius 1 is 0.969 bits per heavy atom. The molecule has 0 unspecified atom stereocenters. The molecule has 6 nitrogen and oxygen atoms in total. The molecule has 32 heavy (non-hydrogen) atoms. The van der Waals surface area contributed by atoms with E-state index in [9.17, 15) is 4.39 Å². The van der Waals surface area contributed by atoms with Crippen molar-refractivity contribution in [3.05, 3.63) is 79.0 Å². The smallest absolute Gasteiger partial charge is 0.230 e. The molecule has 0 N–H and O–H groups in total. The lowest BCUT2D eigenvalue weighted by Gasteiger charge is -2.03. The number of aromatic nitrogens is 4. The summed E-state index contributed by atoms with van der Waals surface area (Å²) in [7, 11) is 0. The molecule has 0 aliphatic heterocycles. The van der Waals surface area contributed by atoms with Gasteiger partial charge in [0.15, 0.2) is 0 Å². The number of nitrogens with zero attached hydrogens (tertiary/aromatic N) is 5. The molecule has 0 amide bonds. The van der Waals surface area contributed by atoms with E-state index in [1.165, 1.54) is 18.5 Å². The van der Waals surface area contributed by atoms with Crippen LogP contribution in [-0.4, -0.2) is 19.7 Å². The third kappa shape index (κ3) is 3.74. The summed E-state index contributed by atoms with van der Waals surface area (Å²) < 4.78 is 21.3. The zero-order valence-electron chi connectivity index (χ0n) is 17.1. The van der Waals surface area contributed by atoms with Gasteiger partial charge >= 0.3 is 0 Å². The van der Waals surface area contributed by atoms with Gasteiger partial charge in [-0.15, -0.1) is 0 Å². The van der Waals surface area contributed by atoms with Crippen LogP contribution in [0.15, 0.2) is 77.6 Å². The third-order valence-electron chi connectivity index (χ3n) is 5.20. The SMILES string of the molecule is N#CCCCn1cc(-c2ncnc3oc(-c4ccccc4)cc23)c(-c2ccc(F)cc2)n1. The van der Waals surface area contributed by atoms with Gasteiger partial charge in [0.1, 0.15) is 23.6 Å². The molecular weight excluding hydrogens is 405 g/mol. The molecule has 0 spiro atoms. The highest BCUT2D eigenvalue weighted by Gasteiger charge is 2.19. The predicted molar refractivity (Wildman–Crippen MR) is 119 cm³/mol. The highest BCUT2D eigenvalue weighted by atomic mass is 19.1. The summed E-state index contributed by atoms with van der Waals surface area (Å²) >= 11 is 0. The fourth-order valence-electron chi connectivity index (χ4n) is 3.67. The van der Waals surface area contributed by atoms with E-state index in [4.69, 9.17) is 14.8 Å². The molecule has 0 fully saturated rings. The Kier molecular flexibility index (Phi) is 5.18. The van der Waals surface area contributed by atoms with Crippen molar-refractivity contribution in [2.45, 2.75) is 19.4 Å². The molecule has 3 aromatic heterocycles. The van der Waals surface area contributed by atoms with E-state index in [0.717, 1.165) is 22.1 Å². The first-order chi connectivity index (χ1) is 15.7. The first-order valence-electron chi connectivity index (χ1n) is 10.2. The van der Waals surface area contributed by atoms with Gasteiger partial charge in [0.05, 0.1) is 17.1 Å². The van der Waals surface area contributed by atoms with E-state index in [2.05, 4.69) is 16.0 Å². The first-order valence-corrected chi connectivity index (χ1v) is 10.2. The molecule has 2 aromatic carbocycles. The second-order valence-corrected chi connectivity index (χ2v) is 7.34. The van der Waals surface area contributed by atoms with Gasteiger partial charge in [-0.2, -0.15) is 10.4 Å². The van der Waals surface area contributed by atoms with Gasteiger partial charge in [-0.05, 0) is 36.8 Å². The fraction of sp³-hybridized carbons (Fsp3) is 0.120. The van der Waals surface area contributed by atoms with Crippen molar-refractivity contribution in [3.8, 4) is 39.9 Å². The molecule has 0 bridgehead atoms. The molecule has 5 aromatic rings. The van der Waals surface area contributed by atoms with Crippen LogP contribution in [0.5, 0.6) is 0 Å². The van der Waals surface area contributed by atoms with Crippen LogP contribution in [-0.2, 0) is 6.54 Å². The minimum absolute atomic E-state index is 0.310. The third-order valence-corrected chi connectivity index (χ3v) is 5.20. The minimum atomic E-state index is -0.310. The van der Waals surface area contributed by atoms with Crippen LogP contribution in [0, 0.1) is 17.1 Å². The highest BCUT2D eigenvalue weighted by Crippen LogP contribution is 2.36. The number of nitriles is 1. The Balaban J connectivity index is 1.65. The van der Waals surface area contributed by atoms with Crippen LogP contribution in [0.4, 0.5) is 4.39 Å². The zero-order valence-corrected chi connectivity index (χ0v) is 17.1. The molecule has 7 heteroatoms. The Morgan fingerprint density at radius 2 is 1.78 bits per heavy atom. The molecule has 0 saturated heterocycles. The summed E-state index contributed by atoms with van der Waals surface area (Å²) in [5.74, 6) is 0.391. The van der Waals surface area contributed by atoms with E-state index >= 15 is 0 Å². The van der Waals surface area contributed by atoms with Gasteiger partial charge in [0.2, 0.25) is 5.71 Å². The molecular formula is C25H18FN5O. The maximum absolute atomic E-state index is 13.5. The van der Waals surface area contributed by atoms with Crippen molar-refractivity contribution in [1.82, 2.24) is 19.7 Å². The Hall–Kier alpha value is -4.31. The van der Waals surface area contributed by atoms with Crippen LogP contribution in [0.25, 0.3) is 44.9 Å². The van der Waals surface area contributed by atoms with Crippen molar-refractivity contribution in [3.63, 3.8) is 0 Å². The standard InChI is InChI=1S/C25H18FN5O/c26-19-10-8-18(9-11-19)23-21(15-31(30-23)13-5-4-12-27)24-20-14-22(17-6-2-1-3-7-17)32-25(20)29-16-28-24/h1-3,6-11,14-16H,4-5,13H2. The molecule has 0 aliphatic carbocycles. The van der Waals surface area contributed by atoms with Crippen LogP contribution < -0.4 is 0 Å². The van der Waals surface area contributed by atoms with Crippen molar-refractivity contribution >= 4 is 11.1 Å². The zero-order chi connectivity index (χ0) is 21.9. The first kappa shape index (κ1) is 19.6. The average Bonchev–Trinajstić information content (AvgIpc) is 3.45. The van der Waals surface area contributed by atoms with Crippen LogP contribution in [0.1, 0.15) is 12.8 Å². The number of halogens is 1. The number of rotatable bonds is 6. The lowest BCUT2D eigenvalue weighted by atomic mass is 10.0. The van der Waals surface area contributed by atoms with Gasteiger partial charge in [-0.1, -0.05) is 30.3 Å². The van der Waals surface area contributed by atoms with Crippen molar-refractivity contribution < 1.29 is 8.81 Å². The molecule has 0 radical (unpaired) electrons. The minimum Gasteiger partial charge on any atom is -0.438 e.